The number of halogens is 2. The van der Waals surface area contributed by atoms with Crippen LogP contribution in [0.2, 0.25) is 0 Å². The molecule has 1 aliphatic rings. The zero-order valence-corrected chi connectivity index (χ0v) is 12.0. The van der Waals surface area contributed by atoms with E-state index in [1.165, 1.54) is 11.6 Å². The molecule has 19 heavy (non-hydrogen) atoms. The first kappa shape index (κ1) is 12.4. The van der Waals surface area contributed by atoms with E-state index in [2.05, 4.69) is 38.4 Å². The Balaban J connectivity index is 1.94. The fraction of sp³-hybridized carbons (Fsp3) is 0.133. The minimum Gasteiger partial charge on any atom is -0.355 e. The summed E-state index contributed by atoms with van der Waals surface area (Å²) in [5.41, 5.74) is 4.80. The lowest BCUT2D eigenvalue weighted by Gasteiger charge is -2.11. The summed E-state index contributed by atoms with van der Waals surface area (Å²) in [6, 6.07) is 9.12. The zero-order valence-electron chi connectivity index (χ0n) is 10.4. The molecule has 0 spiro atoms. The fourth-order valence-corrected chi connectivity index (χ4v) is 2.59. The van der Waals surface area contributed by atoms with Crippen molar-refractivity contribution in [3.8, 4) is 0 Å². The van der Waals surface area contributed by atoms with Gasteiger partial charge in [0.25, 0.3) is 0 Å². The van der Waals surface area contributed by atoms with Gasteiger partial charge in [-0.1, -0.05) is 0 Å². The van der Waals surface area contributed by atoms with Gasteiger partial charge < -0.3 is 5.32 Å². The summed E-state index contributed by atoms with van der Waals surface area (Å²) in [6.07, 6.45) is 1.88. The second kappa shape index (κ2) is 4.78. The summed E-state index contributed by atoms with van der Waals surface area (Å²) in [7, 11) is 0. The molecule has 2 nitrogen and oxygen atoms in total. The number of rotatable bonds is 2. The van der Waals surface area contributed by atoms with E-state index in [0.29, 0.717) is 5.56 Å². The van der Waals surface area contributed by atoms with Crippen molar-refractivity contribution >= 4 is 33.5 Å². The van der Waals surface area contributed by atoms with Gasteiger partial charge in [0.1, 0.15) is 5.82 Å². The van der Waals surface area contributed by atoms with Crippen molar-refractivity contribution in [3.05, 3.63) is 57.3 Å². The molecule has 2 aromatic rings. The van der Waals surface area contributed by atoms with Gasteiger partial charge in [0.2, 0.25) is 0 Å². The highest BCUT2D eigenvalue weighted by Crippen LogP contribution is 2.31. The first-order valence-corrected chi connectivity index (χ1v) is 6.78. The first-order valence-electron chi connectivity index (χ1n) is 5.99. The normalized spacial score (nSPS) is 12.6. The fourth-order valence-electron chi connectivity index (χ4n) is 2.10. The van der Waals surface area contributed by atoms with Crippen LogP contribution in [-0.4, -0.2) is 6.21 Å². The Morgan fingerprint density at radius 1 is 1.26 bits per heavy atom. The van der Waals surface area contributed by atoms with Gasteiger partial charge in [-0.3, -0.25) is 4.99 Å². The van der Waals surface area contributed by atoms with Crippen LogP contribution in [0.15, 0.2) is 39.8 Å². The van der Waals surface area contributed by atoms with Crippen LogP contribution in [0, 0.1) is 12.7 Å². The molecule has 0 amide bonds. The maximum Gasteiger partial charge on any atom is 0.126 e. The van der Waals surface area contributed by atoms with E-state index in [0.717, 1.165) is 28.0 Å². The molecule has 3 rings (SSSR count). The van der Waals surface area contributed by atoms with Crippen molar-refractivity contribution in [2.24, 2.45) is 4.99 Å². The van der Waals surface area contributed by atoms with Gasteiger partial charge in [0, 0.05) is 16.4 Å². The summed E-state index contributed by atoms with van der Waals surface area (Å²) in [6.45, 7) is 2.49. The van der Waals surface area contributed by atoms with Crippen LogP contribution in [0.3, 0.4) is 0 Å². The maximum absolute atomic E-state index is 13.2. The van der Waals surface area contributed by atoms with E-state index >= 15 is 0 Å². The highest BCUT2D eigenvalue weighted by atomic mass is 79.9. The Hall–Kier alpha value is -1.68. The van der Waals surface area contributed by atoms with Crippen molar-refractivity contribution in [2.45, 2.75) is 13.5 Å². The Morgan fingerprint density at radius 3 is 2.89 bits per heavy atom. The lowest BCUT2D eigenvalue weighted by atomic mass is 10.1. The summed E-state index contributed by atoms with van der Waals surface area (Å²) in [4.78, 5) is 4.24. The molecule has 0 atom stereocenters. The van der Waals surface area contributed by atoms with E-state index in [1.54, 1.807) is 19.1 Å². The lowest BCUT2D eigenvalue weighted by molar-refractivity contribution is 0.619. The van der Waals surface area contributed by atoms with E-state index in [-0.39, 0.29) is 5.82 Å². The Bertz CT molecular complexity index is 680. The molecule has 0 bridgehead atoms. The third-order valence-corrected chi connectivity index (χ3v) is 3.81. The van der Waals surface area contributed by atoms with Crippen molar-refractivity contribution in [3.63, 3.8) is 0 Å². The average Bonchev–Trinajstić information content (AvgIpc) is 2.81. The van der Waals surface area contributed by atoms with Gasteiger partial charge in [-0.2, -0.15) is 0 Å². The standard InChI is InChI=1S/C15H12BrFN2/c1-9-4-12(2-3-14(9)17)19-15-6-11-8-18-7-10(11)5-13(15)16/h2-6,8,19H,7H2,1H3. The number of anilines is 2. The molecule has 0 saturated heterocycles. The molecule has 1 aliphatic heterocycles. The number of fused-ring (bicyclic) bond motifs is 1. The first-order chi connectivity index (χ1) is 9.13. The van der Waals surface area contributed by atoms with E-state index < -0.39 is 0 Å². The molecule has 0 aromatic heterocycles. The van der Waals surface area contributed by atoms with E-state index in [4.69, 9.17) is 0 Å². The van der Waals surface area contributed by atoms with Crippen LogP contribution < -0.4 is 5.32 Å². The summed E-state index contributed by atoms with van der Waals surface area (Å²) in [5.74, 6) is -0.189. The zero-order chi connectivity index (χ0) is 13.4. The number of nitrogens with one attached hydrogen (secondary N) is 1. The molecule has 1 heterocycles. The number of hydrogen-bond acceptors (Lipinski definition) is 2. The number of aryl methyl sites for hydroxylation is 1. The number of aliphatic imine (C=N–C) groups is 1. The minimum absolute atomic E-state index is 0.189. The van der Waals surface area contributed by atoms with Gasteiger partial charge in [-0.25, -0.2) is 4.39 Å². The second-order valence-electron chi connectivity index (χ2n) is 4.59. The predicted octanol–water partition coefficient (Wildman–Crippen LogP) is 4.57. The molecule has 0 aliphatic carbocycles. The Morgan fingerprint density at radius 2 is 2.11 bits per heavy atom. The molecular weight excluding hydrogens is 307 g/mol. The third-order valence-electron chi connectivity index (χ3n) is 3.16. The SMILES string of the molecule is Cc1cc(Nc2cc3c(cc2Br)CN=C3)ccc1F. The summed E-state index contributed by atoms with van der Waals surface area (Å²) < 4.78 is 14.2. The monoisotopic (exact) mass is 318 g/mol. The van der Waals surface area contributed by atoms with Gasteiger partial charge in [-0.05, 0) is 69.9 Å². The molecule has 0 saturated carbocycles. The minimum atomic E-state index is -0.189. The topological polar surface area (TPSA) is 24.4 Å². The highest BCUT2D eigenvalue weighted by Gasteiger charge is 2.11. The van der Waals surface area contributed by atoms with E-state index in [9.17, 15) is 4.39 Å². The van der Waals surface area contributed by atoms with Crippen molar-refractivity contribution in [2.75, 3.05) is 5.32 Å². The average molecular weight is 319 g/mol. The second-order valence-corrected chi connectivity index (χ2v) is 5.44. The van der Waals surface area contributed by atoms with Gasteiger partial charge >= 0.3 is 0 Å². The highest BCUT2D eigenvalue weighted by molar-refractivity contribution is 9.10. The molecule has 0 fully saturated rings. The predicted molar refractivity (Wildman–Crippen MR) is 79.9 cm³/mol. The van der Waals surface area contributed by atoms with Crippen LogP contribution in [0.25, 0.3) is 0 Å². The third kappa shape index (κ3) is 2.40. The van der Waals surface area contributed by atoms with Crippen molar-refractivity contribution in [1.82, 2.24) is 0 Å². The van der Waals surface area contributed by atoms with Crippen LogP contribution in [0.1, 0.15) is 16.7 Å². The van der Waals surface area contributed by atoms with Crippen LogP contribution in [-0.2, 0) is 6.54 Å². The summed E-state index contributed by atoms with van der Waals surface area (Å²) in [5, 5.41) is 3.29. The molecule has 96 valence electrons. The molecule has 4 heteroatoms. The van der Waals surface area contributed by atoms with Crippen molar-refractivity contribution < 1.29 is 4.39 Å². The lowest BCUT2D eigenvalue weighted by Crippen LogP contribution is -1.95. The smallest absolute Gasteiger partial charge is 0.126 e. The van der Waals surface area contributed by atoms with Crippen LogP contribution in [0.4, 0.5) is 15.8 Å². The molecule has 0 radical (unpaired) electrons. The van der Waals surface area contributed by atoms with Crippen LogP contribution in [0.5, 0.6) is 0 Å². The largest absolute Gasteiger partial charge is 0.355 e. The number of nitrogens with zero attached hydrogens (tertiary/aromatic N) is 1. The Kier molecular flexibility index (Phi) is 3.11. The molecule has 0 unspecified atom stereocenters. The van der Waals surface area contributed by atoms with Crippen molar-refractivity contribution in [1.29, 1.82) is 0 Å². The maximum atomic E-state index is 13.2. The quantitative estimate of drug-likeness (QED) is 0.861. The molecule has 2 aromatic carbocycles. The molecular formula is C15H12BrFN2. The van der Waals surface area contributed by atoms with Gasteiger partial charge in [-0.15, -0.1) is 0 Å². The Labute approximate surface area is 119 Å². The van der Waals surface area contributed by atoms with E-state index in [1.807, 2.05) is 6.21 Å². The number of benzene rings is 2. The van der Waals surface area contributed by atoms with Gasteiger partial charge in [0.15, 0.2) is 0 Å². The summed E-state index contributed by atoms with van der Waals surface area (Å²) >= 11 is 3.55. The van der Waals surface area contributed by atoms with Crippen LogP contribution >= 0.6 is 15.9 Å². The van der Waals surface area contributed by atoms with Gasteiger partial charge in [0.05, 0.1) is 12.2 Å². The number of hydrogen-bond donors (Lipinski definition) is 1. The molecule has 1 N–H and O–H groups in total.